The van der Waals surface area contributed by atoms with Gasteiger partial charge in [-0.25, -0.2) is 0 Å². The van der Waals surface area contributed by atoms with Crippen molar-refractivity contribution in [2.45, 2.75) is 25.4 Å². The molecule has 0 saturated heterocycles. The highest BCUT2D eigenvalue weighted by atomic mass is 16.5. The van der Waals surface area contributed by atoms with E-state index in [0.717, 1.165) is 17.7 Å². The second-order valence-electron chi connectivity index (χ2n) is 4.32. The molecule has 0 bridgehead atoms. The van der Waals surface area contributed by atoms with E-state index in [4.69, 9.17) is 15.2 Å². The second-order valence-corrected chi connectivity index (χ2v) is 4.32. The summed E-state index contributed by atoms with van der Waals surface area (Å²) in [5, 5.41) is 10.7. The minimum absolute atomic E-state index is 0.253. The minimum atomic E-state index is -0.999. The van der Waals surface area contributed by atoms with Crippen LogP contribution in [0.5, 0.6) is 5.75 Å². The van der Waals surface area contributed by atoms with Crippen LogP contribution in [0.3, 0.4) is 0 Å². The normalized spacial score (nSPS) is 14.2. The zero-order valence-corrected chi connectivity index (χ0v) is 11.2. The van der Waals surface area contributed by atoms with Crippen LogP contribution < -0.4 is 10.5 Å². The zero-order valence-electron chi connectivity index (χ0n) is 11.2. The summed E-state index contributed by atoms with van der Waals surface area (Å²) >= 11 is 0. The quantitative estimate of drug-likeness (QED) is 0.739. The highest BCUT2D eigenvalue weighted by molar-refractivity contribution is 5.32. The van der Waals surface area contributed by atoms with Gasteiger partial charge in [0.15, 0.2) is 0 Å². The van der Waals surface area contributed by atoms with E-state index in [2.05, 4.69) is 0 Å². The highest BCUT2D eigenvalue weighted by Crippen LogP contribution is 2.29. The van der Waals surface area contributed by atoms with Gasteiger partial charge in [0.1, 0.15) is 11.4 Å². The molecule has 1 unspecified atom stereocenters. The van der Waals surface area contributed by atoms with Gasteiger partial charge in [-0.1, -0.05) is 12.1 Å². The number of nitrogens with two attached hydrogens (primary N) is 1. The first-order valence-corrected chi connectivity index (χ1v) is 6.31. The standard InChI is InChI=1S/C14H23NO3/c1-3-18-13-7-4-6-12(10-13)14(16,11-17-2)8-5-9-15/h4,6-7,10,16H,3,5,8-9,11,15H2,1-2H3. The smallest absolute Gasteiger partial charge is 0.119 e. The monoisotopic (exact) mass is 253 g/mol. The number of rotatable bonds is 8. The van der Waals surface area contributed by atoms with Crippen molar-refractivity contribution in [3.05, 3.63) is 29.8 Å². The van der Waals surface area contributed by atoms with Crippen LogP contribution in [0.2, 0.25) is 0 Å². The largest absolute Gasteiger partial charge is 0.494 e. The van der Waals surface area contributed by atoms with Crippen LogP contribution in [0.1, 0.15) is 25.3 Å². The van der Waals surface area contributed by atoms with Gasteiger partial charge in [-0.05, 0) is 44.0 Å². The molecule has 0 heterocycles. The lowest BCUT2D eigenvalue weighted by Gasteiger charge is -2.28. The van der Waals surface area contributed by atoms with Gasteiger partial charge in [-0.2, -0.15) is 0 Å². The molecule has 4 nitrogen and oxygen atoms in total. The predicted octanol–water partition coefficient (Wildman–Crippen LogP) is 1.66. The summed E-state index contributed by atoms with van der Waals surface area (Å²) in [6.45, 7) is 3.34. The van der Waals surface area contributed by atoms with Crippen LogP contribution in [0.4, 0.5) is 0 Å². The van der Waals surface area contributed by atoms with Gasteiger partial charge in [-0.15, -0.1) is 0 Å². The maximum absolute atomic E-state index is 10.7. The topological polar surface area (TPSA) is 64.7 Å². The Balaban J connectivity index is 2.92. The number of ether oxygens (including phenoxy) is 2. The molecule has 0 spiro atoms. The molecule has 0 fully saturated rings. The van der Waals surface area contributed by atoms with Crippen molar-refractivity contribution < 1.29 is 14.6 Å². The molecule has 102 valence electrons. The van der Waals surface area contributed by atoms with Gasteiger partial charge in [-0.3, -0.25) is 0 Å². The molecule has 18 heavy (non-hydrogen) atoms. The SMILES string of the molecule is CCOc1cccc(C(O)(CCCN)COC)c1. The van der Waals surface area contributed by atoms with Crippen LogP contribution in [0.15, 0.2) is 24.3 Å². The summed E-state index contributed by atoms with van der Waals surface area (Å²) < 4.78 is 10.6. The Bertz CT molecular complexity index is 357. The molecule has 1 atom stereocenters. The first kappa shape index (κ1) is 15.0. The molecule has 0 aromatic heterocycles. The fourth-order valence-corrected chi connectivity index (χ4v) is 1.98. The number of hydrogen-bond acceptors (Lipinski definition) is 4. The lowest BCUT2D eigenvalue weighted by Crippen LogP contribution is -2.32. The lowest BCUT2D eigenvalue weighted by atomic mass is 9.89. The average Bonchev–Trinajstić information content (AvgIpc) is 2.37. The van der Waals surface area contributed by atoms with Gasteiger partial charge in [0.2, 0.25) is 0 Å². The van der Waals surface area contributed by atoms with Crippen LogP contribution in [0, 0.1) is 0 Å². The predicted molar refractivity (Wildman–Crippen MR) is 71.7 cm³/mol. The lowest BCUT2D eigenvalue weighted by molar-refractivity contribution is -0.0431. The van der Waals surface area contributed by atoms with E-state index in [0.29, 0.717) is 19.6 Å². The van der Waals surface area contributed by atoms with Crippen molar-refractivity contribution in [1.82, 2.24) is 0 Å². The molecule has 0 aliphatic carbocycles. The van der Waals surface area contributed by atoms with E-state index >= 15 is 0 Å². The van der Waals surface area contributed by atoms with Gasteiger partial charge in [0.25, 0.3) is 0 Å². The molecule has 4 heteroatoms. The third kappa shape index (κ3) is 3.98. The third-order valence-electron chi connectivity index (χ3n) is 2.86. The summed E-state index contributed by atoms with van der Waals surface area (Å²) in [6, 6.07) is 7.50. The minimum Gasteiger partial charge on any atom is -0.494 e. The first-order chi connectivity index (χ1) is 8.66. The Hall–Kier alpha value is -1.10. The fourth-order valence-electron chi connectivity index (χ4n) is 1.98. The summed E-state index contributed by atoms with van der Waals surface area (Å²) in [7, 11) is 1.58. The molecular weight excluding hydrogens is 230 g/mol. The van der Waals surface area contributed by atoms with Gasteiger partial charge >= 0.3 is 0 Å². The molecule has 0 saturated carbocycles. The molecule has 0 aliphatic heterocycles. The molecule has 3 N–H and O–H groups in total. The van der Waals surface area contributed by atoms with Crippen molar-refractivity contribution in [3.8, 4) is 5.75 Å². The molecule has 0 radical (unpaired) electrons. The van der Waals surface area contributed by atoms with Crippen molar-refractivity contribution in [1.29, 1.82) is 0 Å². The van der Waals surface area contributed by atoms with E-state index in [9.17, 15) is 5.11 Å². The number of benzene rings is 1. The van der Waals surface area contributed by atoms with E-state index in [1.54, 1.807) is 7.11 Å². The van der Waals surface area contributed by atoms with Crippen molar-refractivity contribution in [2.75, 3.05) is 26.9 Å². The summed E-state index contributed by atoms with van der Waals surface area (Å²) in [5.41, 5.74) is 5.32. The van der Waals surface area contributed by atoms with E-state index in [-0.39, 0.29) is 6.61 Å². The summed E-state index contributed by atoms with van der Waals surface area (Å²) in [5.74, 6) is 0.761. The Morgan fingerprint density at radius 2 is 2.17 bits per heavy atom. The van der Waals surface area contributed by atoms with E-state index in [1.807, 2.05) is 31.2 Å². The number of hydrogen-bond donors (Lipinski definition) is 2. The maximum atomic E-state index is 10.7. The van der Waals surface area contributed by atoms with Crippen LogP contribution >= 0.6 is 0 Å². The maximum Gasteiger partial charge on any atom is 0.119 e. The van der Waals surface area contributed by atoms with Crippen LogP contribution in [-0.2, 0) is 10.3 Å². The van der Waals surface area contributed by atoms with Gasteiger partial charge < -0.3 is 20.3 Å². The Kier molecular flexibility index (Phi) is 6.12. The summed E-state index contributed by atoms with van der Waals surface area (Å²) in [4.78, 5) is 0. The molecule has 1 rings (SSSR count). The molecule has 1 aromatic rings. The van der Waals surface area contributed by atoms with Gasteiger partial charge in [0, 0.05) is 7.11 Å². The second kappa shape index (κ2) is 7.36. The van der Waals surface area contributed by atoms with Crippen molar-refractivity contribution >= 4 is 0 Å². The zero-order chi connectivity index (χ0) is 13.4. The molecule has 0 aliphatic rings. The first-order valence-electron chi connectivity index (χ1n) is 6.31. The average molecular weight is 253 g/mol. The molecular formula is C14H23NO3. The van der Waals surface area contributed by atoms with E-state index in [1.165, 1.54) is 0 Å². The summed E-state index contributed by atoms with van der Waals surface area (Å²) in [6.07, 6.45) is 1.33. The van der Waals surface area contributed by atoms with Gasteiger partial charge in [0.05, 0.1) is 13.2 Å². The molecule has 0 amide bonds. The van der Waals surface area contributed by atoms with Crippen LogP contribution in [-0.4, -0.2) is 32.0 Å². The fraction of sp³-hybridized carbons (Fsp3) is 0.571. The van der Waals surface area contributed by atoms with Crippen molar-refractivity contribution in [3.63, 3.8) is 0 Å². The Morgan fingerprint density at radius 1 is 1.39 bits per heavy atom. The third-order valence-corrected chi connectivity index (χ3v) is 2.86. The van der Waals surface area contributed by atoms with Crippen molar-refractivity contribution in [2.24, 2.45) is 5.73 Å². The molecule has 1 aromatic carbocycles. The number of methoxy groups -OCH3 is 1. The highest BCUT2D eigenvalue weighted by Gasteiger charge is 2.29. The van der Waals surface area contributed by atoms with Crippen LogP contribution in [0.25, 0.3) is 0 Å². The Labute approximate surface area is 109 Å². The number of aliphatic hydroxyl groups is 1. The van der Waals surface area contributed by atoms with E-state index < -0.39 is 5.60 Å². The Morgan fingerprint density at radius 3 is 2.78 bits per heavy atom.